The molecule has 0 spiro atoms. The first-order valence-corrected chi connectivity index (χ1v) is 18.6. The molecule has 1 aromatic heterocycles. The average Bonchev–Trinajstić information content (AvgIpc) is 3.65. The summed E-state index contributed by atoms with van der Waals surface area (Å²) in [6.07, 6.45) is 3.35. The first-order valence-electron chi connectivity index (χ1n) is 16.0. The van der Waals surface area contributed by atoms with Crippen LogP contribution in [0.2, 0.25) is 0 Å². The van der Waals surface area contributed by atoms with Crippen molar-refractivity contribution in [1.82, 2.24) is 20.2 Å². The fourth-order valence-corrected chi connectivity index (χ4v) is 9.78. The molecule has 242 valence electrons. The van der Waals surface area contributed by atoms with Crippen molar-refractivity contribution < 1.29 is 27.6 Å². The van der Waals surface area contributed by atoms with E-state index in [1.54, 1.807) is 12.1 Å². The summed E-state index contributed by atoms with van der Waals surface area (Å²) in [6.45, 7) is 5.76. The Balaban J connectivity index is 1.29. The van der Waals surface area contributed by atoms with Gasteiger partial charge in [-0.05, 0) is 80.8 Å². The molecule has 4 fully saturated rings. The molecule has 8 rings (SSSR count). The van der Waals surface area contributed by atoms with E-state index in [1.807, 2.05) is 0 Å². The number of nitrogens with one attached hydrogen (secondary N) is 1. The third-order valence-electron chi connectivity index (χ3n) is 10.4. The van der Waals surface area contributed by atoms with Gasteiger partial charge in [-0.15, -0.1) is 0 Å². The summed E-state index contributed by atoms with van der Waals surface area (Å²) in [5, 5.41) is 15.5. The number of anilines is 1. The summed E-state index contributed by atoms with van der Waals surface area (Å²) in [4.78, 5) is 13.7. The van der Waals surface area contributed by atoms with Crippen LogP contribution in [-0.4, -0.2) is 89.9 Å². The van der Waals surface area contributed by atoms with Crippen molar-refractivity contribution in [2.24, 2.45) is 0 Å². The first kappa shape index (κ1) is 30.0. The van der Waals surface area contributed by atoms with Crippen LogP contribution < -0.4 is 20.3 Å². The topological polar surface area (TPSA) is 90.8 Å². The largest absolute Gasteiger partial charge is 0.508 e. The minimum absolute atomic E-state index is 0.00583. The normalized spacial score (nSPS) is 26.4. The van der Waals surface area contributed by atoms with Gasteiger partial charge in [0.1, 0.15) is 42.8 Å². The smallest absolute Gasteiger partial charge is 0.319 e. The number of rotatable bonds is 6. The lowest BCUT2D eigenvalue weighted by atomic mass is 9.95. The molecule has 4 aliphatic rings. The van der Waals surface area contributed by atoms with Gasteiger partial charge in [0.15, 0.2) is 5.82 Å². The third-order valence-corrected chi connectivity index (χ3v) is 11.9. The zero-order valence-corrected chi connectivity index (χ0v) is 26.8. The molecule has 4 saturated heterocycles. The van der Waals surface area contributed by atoms with Crippen LogP contribution in [-0.2, 0) is 4.57 Å². The van der Waals surface area contributed by atoms with E-state index in [9.17, 15) is 14.1 Å². The van der Waals surface area contributed by atoms with Crippen LogP contribution in [0, 0.1) is 11.6 Å². The number of hydrogen-bond donors (Lipinski definition) is 2. The van der Waals surface area contributed by atoms with Gasteiger partial charge in [-0.1, -0.05) is 12.1 Å². The lowest BCUT2D eigenvalue weighted by Crippen LogP contribution is -2.51. The number of nitrogens with zero attached hydrogens (tertiary/aromatic N) is 4. The van der Waals surface area contributed by atoms with Crippen molar-refractivity contribution in [2.75, 3.05) is 51.0 Å². The van der Waals surface area contributed by atoms with Crippen molar-refractivity contribution in [3.05, 3.63) is 48.0 Å². The van der Waals surface area contributed by atoms with E-state index in [4.69, 9.17) is 9.72 Å². The monoisotopic (exact) mass is 651 g/mol. The summed E-state index contributed by atoms with van der Waals surface area (Å²) in [5.74, 6) is -0.893. The number of halogens is 3. The van der Waals surface area contributed by atoms with E-state index in [0.29, 0.717) is 54.7 Å². The van der Waals surface area contributed by atoms with Crippen LogP contribution in [0.4, 0.5) is 19.0 Å². The number of phenolic OH excluding ortho intramolecular Hbond substituents is 1. The maximum Gasteiger partial charge on any atom is 0.319 e. The molecule has 0 amide bonds. The van der Waals surface area contributed by atoms with E-state index in [0.717, 1.165) is 32.2 Å². The second-order valence-electron chi connectivity index (χ2n) is 13.9. The predicted molar refractivity (Wildman–Crippen MR) is 174 cm³/mol. The van der Waals surface area contributed by atoms with E-state index in [-0.39, 0.29) is 45.7 Å². The van der Waals surface area contributed by atoms with E-state index in [2.05, 4.69) is 20.1 Å². The highest BCUT2D eigenvalue weighted by Gasteiger charge is 2.49. The number of hydrogen-bond acceptors (Lipinski definition) is 8. The van der Waals surface area contributed by atoms with E-state index in [1.165, 1.54) is 37.6 Å². The van der Waals surface area contributed by atoms with Gasteiger partial charge in [-0.3, -0.25) is 4.90 Å². The molecule has 0 saturated carbocycles. The maximum atomic E-state index is 17.0. The van der Waals surface area contributed by atoms with E-state index >= 15 is 8.78 Å². The summed E-state index contributed by atoms with van der Waals surface area (Å²) in [6, 6.07) is 9.52. The molecule has 4 aliphatic heterocycles. The predicted octanol–water partition coefficient (Wildman–Crippen LogP) is 5.58. The lowest BCUT2D eigenvalue weighted by Gasteiger charge is -2.34. The molecular formula is C34H37F3N5O3P. The van der Waals surface area contributed by atoms with Crippen molar-refractivity contribution in [1.29, 1.82) is 0 Å². The van der Waals surface area contributed by atoms with Gasteiger partial charge in [0, 0.05) is 54.5 Å². The lowest BCUT2D eigenvalue weighted by molar-refractivity contribution is 0.107. The van der Waals surface area contributed by atoms with Crippen LogP contribution in [0.1, 0.15) is 32.1 Å². The van der Waals surface area contributed by atoms with Crippen LogP contribution in [0.15, 0.2) is 36.4 Å². The summed E-state index contributed by atoms with van der Waals surface area (Å²) in [7, 11) is -3.17. The Labute approximate surface area is 265 Å². The molecule has 46 heavy (non-hydrogen) atoms. The number of ether oxygens (including phenoxy) is 1. The molecule has 12 heteroatoms. The third kappa shape index (κ3) is 4.93. The second-order valence-corrected chi connectivity index (χ2v) is 17.0. The molecule has 8 nitrogen and oxygen atoms in total. The molecule has 0 unspecified atom stereocenters. The summed E-state index contributed by atoms with van der Waals surface area (Å²) >= 11 is 0. The molecule has 0 radical (unpaired) electrons. The van der Waals surface area contributed by atoms with Crippen molar-refractivity contribution >= 4 is 39.9 Å². The Kier molecular flexibility index (Phi) is 7.05. The van der Waals surface area contributed by atoms with Crippen LogP contribution in [0.3, 0.4) is 0 Å². The number of aromatic nitrogens is 2. The Morgan fingerprint density at radius 3 is 2.61 bits per heavy atom. The number of piperazine rings is 1. The Morgan fingerprint density at radius 2 is 1.85 bits per heavy atom. The highest BCUT2D eigenvalue weighted by atomic mass is 31.2. The number of fused-ring (bicyclic) bond motifs is 5. The quantitative estimate of drug-likeness (QED) is 0.262. The second kappa shape index (κ2) is 10.8. The zero-order chi connectivity index (χ0) is 32.0. The van der Waals surface area contributed by atoms with Gasteiger partial charge in [0.25, 0.3) is 0 Å². The fourth-order valence-electron chi connectivity index (χ4n) is 8.40. The standard InChI is InChI=1S/C34H37F3N5O3P/c1-46(2,44)31-27(36)9-4-19-12-23(43)13-26(28(19)31)24-7-8-25-30(29(24)37)39-33(40-32(25)41-16-21-5-6-22(17-41)38-21)45-18-34-10-3-11-42(34)15-20(35)14-34/h4,7-9,12-13,20-22,38,43H,3,5-6,10-11,14-18H2,1-2H3/t20-,21-,22+,34+/m1/s1. The van der Waals surface area contributed by atoms with Crippen molar-refractivity contribution in [2.45, 2.75) is 55.9 Å². The van der Waals surface area contributed by atoms with Gasteiger partial charge >= 0.3 is 6.01 Å². The zero-order valence-electron chi connectivity index (χ0n) is 25.9. The van der Waals surface area contributed by atoms with Gasteiger partial charge < -0.3 is 24.6 Å². The Morgan fingerprint density at radius 1 is 1.07 bits per heavy atom. The molecule has 4 atom stereocenters. The van der Waals surface area contributed by atoms with Crippen LogP contribution in [0.25, 0.3) is 32.8 Å². The molecule has 2 N–H and O–H groups in total. The number of benzene rings is 3. The first-order chi connectivity index (χ1) is 22.0. The average molecular weight is 652 g/mol. The Bertz CT molecular complexity index is 1930. The fraction of sp³-hybridized carbons (Fsp3) is 0.471. The molecule has 4 aromatic rings. The number of alkyl halides is 1. The van der Waals surface area contributed by atoms with Gasteiger partial charge in [-0.25, -0.2) is 13.2 Å². The summed E-state index contributed by atoms with van der Waals surface area (Å²) in [5.41, 5.74) is -0.0938. The van der Waals surface area contributed by atoms with Crippen molar-refractivity contribution in [3.63, 3.8) is 0 Å². The van der Waals surface area contributed by atoms with Crippen LogP contribution >= 0.6 is 7.14 Å². The maximum absolute atomic E-state index is 17.0. The number of aromatic hydroxyl groups is 1. The molecular weight excluding hydrogens is 614 g/mol. The molecule has 2 bridgehead atoms. The Hall–Kier alpha value is -3.40. The van der Waals surface area contributed by atoms with Crippen LogP contribution in [0.5, 0.6) is 11.8 Å². The van der Waals surface area contributed by atoms with Crippen molar-refractivity contribution in [3.8, 4) is 22.9 Å². The highest BCUT2D eigenvalue weighted by Crippen LogP contribution is 2.45. The number of phenols is 1. The summed E-state index contributed by atoms with van der Waals surface area (Å²) < 4.78 is 66.3. The van der Waals surface area contributed by atoms with Gasteiger partial charge in [0.05, 0.1) is 10.8 Å². The highest BCUT2D eigenvalue weighted by molar-refractivity contribution is 7.70. The SMILES string of the molecule is CP(C)(=O)c1c(F)ccc2cc(O)cc(-c3ccc4c(N5C[C@H]6CC[C@@H](C5)N6)nc(OC[C@@]56CCCN5C[C@H](F)C6)nc4c3F)c12. The molecule has 5 heterocycles. The minimum Gasteiger partial charge on any atom is -0.508 e. The van der Waals surface area contributed by atoms with Gasteiger partial charge in [-0.2, -0.15) is 9.97 Å². The molecule has 3 aromatic carbocycles. The molecule has 0 aliphatic carbocycles. The van der Waals surface area contributed by atoms with Gasteiger partial charge in [0.2, 0.25) is 0 Å². The van der Waals surface area contributed by atoms with E-state index < -0.39 is 30.5 Å². The minimum atomic E-state index is -3.17.